The first-order chi connectivity index (χ1) is 8.08. The SMILES string of the molecule is CCC(CC)C(O)CNC1CCN(C)C(C)C1. The van der Waals surface area contributed by atoms with Gasteiger partial charge in [-0.3, -0.25) is 0 Å². The second kappa shape index (κ2) is 7.34. The summed E-state index contributed by atoms with van der Waals surface area (Å²) in [4.78, 5) is 2.41. The van der Waals surface area contributed by atoms with Gasteiger partial charge >= 0.3 is 0 Å². The molecule has 0 aromatic heterocycles. The van der Waals surface area contributed by atoms with Gasteiger partial charge in [0.25, 0.3) is 0 Å². The van der Waals surface area contributed by atoms with Crippen molar-refractivity contribution in [2.45, 2.75) is 64.6 Å². The normalized spacial score (nSPS) is 28.6. The van der Waals surface area contributed by atoms with Crippen LogP contribution in [-0.2, 0) is 0 Å². The summed E-state index contributed by atoms with van der Waals surface area (Å²) in [5.74, 6) is 0.450. The lowest BCUT2D eigenvalue weighted by molar-refractivity contribution is 0.0899. The van der Waals surface area contributed by atoms with Crippen LogP contribution in [0.5, 0.6) is 0 Å². The van der Waals surface area contributed by atoms with Crippen molar-refractivity contribution in [2.24, 2.45) is 5.92 Å². The fraction of sp³-hybridized carbons (Fsp3) is 1.00. The predicted octanol–water partition coefficient (Wildman–Crippen LogP) is 1.86. The Balaban J connectivity index is 2.26. The number of likely N-dealkylation sites (tertiary alicyclic amines) is 1. The number of hydrogen-bond donors (Lipinski definition) is 2. The van der Waals surface area contributed by atoms with Gasteiger partial charge in [0.05, 0.1) is 6.10 Å². The molecule has 3 unspecified atom stereocenters. The van der Waals surface area contributed by atoms with Crippen LogP contribution in [0, 0.1) is 5.92 Å². The zero-order valence-electron chi connectivity index (χ0n) is 11.9. The van der Waals surface area contributed by atoms with Gasteiger partial charge in [0.2, 0.25) is 0 Å². The van der Waals surface area contributed by atoms with E-state index in [0.29, 0.717) is 18.0 Å². The molecule has 0 amide bonds. The highest BCUT2D eigenvalue weighted by Gasteiger charge is 2.23. The molecule has 3 nitrogen and oxygen atoms in total. The van der Waals surface area contributed by atoms with Crippen molar-refractivity contribution in [3.8, 4) is 0 Å². The zero-order chi connectivity index (χ0) is 12.8. The maximum absolute atomic E-state index is 10.1. The number of nitrogens with one attached hydrogen (secondary N) is 1. The summed E-state index contributed by atoms with van der Waals surface area (Å²) in [7, 11) is 2.19. The molecule has 3 atom stereocenters. The molecule has 2 N–H and O–H groups in total. The molecule has 1 saturated heterocycles. The van der Waals surface area contributed by atoms with E-state index in [1.807, 2.05) is 0 Å². The Labute approximate surface area is 107 Å². The Morgan fingerprint density at radius 3 is 2.53 bits per heavy atom. The molecule has 0 aliphatic carbocycles. The quantitative estimate of drug-likeness (QED) is 0.746. The smallest absolute Gasteiger partial charge is 0.0692 e. The van der Waals surface area contributed by atoms with E-state index >= 15 is 0 Å². The van der Waals surface area contributed by atoms with Gasteiger partial charge in [-0.1, -0.05) is 26.7 Å². The standard InChI is InChI=1S/C14H30N2O/c1-5-12(6-2)14(17)10-15-13-7-8-16(4)11(3)9-13/h11-15,17H,5-10H2,1-4H3. The highest BCUT2D eigenvalue weighted by molar-refractivity contribution is 4.82. The van der Waals surface area contributed by atoms with Crippen LogP contribution in [0.15, 0.2) is 0 Å². The Kier molecular flexibility index (Phi) is 6.45. The van der Waals surface area contributed by atoms with Crippen LogP contribution < -0.4 is 5.32 Å². The lowest BCUT2D eigenvalue weighted by atomic mass is 9.95. The molecule has 0 saturated carbocycles. The number of piperidine rings is 1. The third-order valence-corrected chi connectivity index (χ3v) is 4.42. The van der Waals surface area contributed by atoms with Gasteiger partial charge < -0.3 is 15.3 Å². The van der Waals surface area contributed by atoms with Crippen LogP contribution >= 0.6 is 0 Å². The van der Waals surface area contributed by atoms with Crippen LogP contribution in [0.25, 0.3) is 0 Å². The number of aliphatic hydroxyl groups excluding tert-OH is 1. The number of rotatable bonds is 6. The maximum Gasteiger partial charge on any atom is 0.0692 e. The topological polar surface area (TPSA) is 35.5 Å². The summed E-state index contributed by atoms with van der Waals surface area (Å²) < 4.78 is 0. The third kappa shape index (κ3) is 4.57. The van der Waals surface area contributed by atoms with Gasteiger partial charge in [-0.15, -0.1) is 0 Å². The predicted molar refractivity (Wildman–Crippen MR) is 73.2 cm³/mol. The Morgan fingerprint density at radius 1 is 1.35 bits per heavy atom. The van der Waals surface area contributed by atoms with Crippen molar-refractivity contribution in [1.82, 2.24) is 10.2 Å². The second-order valence-corrected chi connectivity index (χ2v) is 5.60. The summed E-state index contributed by atoms with van der Waals surface area (Å²) in [6.45, 7) is 8.53. The minimum Gasteiger partial charge on any atom is -0.392 e. The molecule has 1 fully saturated rings. The summed E-state index contributed by atoms with van der Waals surface area (Å²) in [6, 6.07) is 1.25. The molecule has 3 heteroatoms. The van der Waals surface area contributed by atoms with Crippen molar-refractivity contribution in [1.29, 1.82) is 0 Å². The summed E-state index contributed by atoms with van der Waals surface area (Å²) >= 11 is 0. The molecule has 102 valence electrons. The van der Waals surface area contributed by atoms with Crippen molar-refractivity contribution >= 4 is 0 Å². The molecule has 1 heterocycles. The molecule has 0 aromatic rings. The average molecular weight is 242 g/mol. The van der Waals surface area contributed by atoms with Crippen molar-refractivity contribution in [2.75, 3.05) is 20.1 Å². The first-order valence-electron chi connectivity index (χ1n) is 7.20. The van der Waals surface area contributed by atoms with Gasteiger partial charge in [0.15, 0.2) is 0 Å². The minimum atomic E-state index is -0.181. The second-order valence-electron chi connectivity index (χ2n) is 5.60. The van der Waals surface area contributed by atoms with Crippen molar-refractivity contribution in [3.05, 3.63) is 0 Å². The van der Waals surface area contributed by atoms with E-state index in [0.717, 1.165) is 19.4 Å². The Bertz CT molecular complexity index is 206. The van der Waals surface area contributed by atoms with Crippen molar-refractivity contribution < 1.29 is 5.11 Å². The van der Waals surface area contributed by atoms with Gasteiger partial charge in [-0.25, -0.2) is 0 Å². The van der Waals surface area contributed by atoms with E-state index in [4.69, 9.17) is 0 Å². The van der Waals surface area contributed by atoms with E-state index in [1.54, 1.807) is 0 Å². The summed E-state index contributed by atoms with van der Waals surface area (Å²) in [6.07, 6.45) is 4.37. The number of hydrogen-bond acceptors (Lipinski definition) is 3. The van der Waals surface area contributed by atoms with E-state index in [2.05, 4.69) is 38.0 Å². The minimum absolute atomic E-state index is 0.181. The number of aliphatic hydroxyl groups is 1. The van der Waals surface area contributed by atoms with Gasteiger partial charge in [0.1, 0.15) is 0 Å². The Morgan fingerprint density at radius 2 is 2.00 bits per heavy atom. The molecular weight excluding hydrogens is 212 g/mol. The van der Waals surface area contributed by atoms with Crippen LogP contribution in [-0.4, -0.2) is 48.3 Å². The van der Waals surface area contributed by atoms with E-state index in [1.165, 1.54) is 19.4 Å². The van der Waals surface area contributed by atoms with Crippen LogP contribution in [0.3, 0.4) is 0 Å². The number of nitrogens with zero attached hydrogens (tertiary/aromatic N) is 1. The largest absolute Gasteiger partial charge is 0.392 e. The molecule has 1 rings (SSSR count). The zero-order valence-corrected chi connectivity index (χ0v) is 11.9. The fourth-order valence-corrected chi connectivity index (χ4v) is 2.76. The third-order valence-electron chi connectivity index (χ3n) is 4.42. The molecule has 1 aliphatic rings. The lowest BCUT2D eigenvalue weighted by Gasteiger charge is -2.36. The van der Waals surface area contributed by atoms with E-state index in [9.17, 15) is 5.11 Å². The highest BCUT2D eigenvalue weighted by atomic mass is 16.3. The van der Waals surface area contributed by atoms with Crippen LogP contribution in [0.2, 0.25) is 0 Å². The average Bonchev–Trinajstić information content (AvgIpc) is 2.32. The fourth-order valence-electron chi connectivity index (χ4n) is 2.76. The molecule has 0 bridgehead atoms. The summed E-state index contributed by atoms with van der Waals surface area (Å²) in [5.41, 5.74) is 0. The van der Waals surface area contributed by atoms with E-state index < -0.39 is 0 Å². The first-order valence-corrected chi connectivity index (χ1v) is 7.20. The first kappa shape index (κ1) is 14.9. The van der Waals surface area contributed by atoms with E-state index in [-0.39, 0.29) is 6.10 Å². The molecule has 1 aliphatic heterocycles. The molecule has 0 radical (unpaired) electrons. The van der Waals surface area contributed by atoms with Gasteiger partial charge in [0, 0.05) is 18.6 Å². The molecule has 0 aromatic carbocycles. The van der Waals surface area contributed by atoms with Gasteiger partial charge in [-0.05, 0) is 39.3 Å². The van der Waals surface area contributed by atoms with Crippen molar-refractivity contribution in [3.63, 3.8) is 0 Å². The summed E-state index contributed by atoms with van der Waals surface area (Å²) in [5, 5.41) is 13.6. The lowest BCUT2D eigenvalue weighted by Crippen LogP contribution is -2.47. The van der Waals surface area contributed by atoms with Crippen LogP contribution in [0.1, 0.15) is 46.5 Å². The molecule has 0 spiro atoms. The highest BCUT2D eigenvalue weighted by Crippen LogP contribution is 2.17. The maximum atomic E-state index is 10.1. The van der Waals surface area contributed by atoms with Crippen LogP contribution in [0.4, 0.5) is 0 Å². The molecule has 17 heavy (non-hydrogen) atoms. The Hall–Kier alpha value is -0.120. The molecular formula is C14H30N2O. The monoisotopic (exact) mass is 242 g/mol. The van der Waals surface area contributed by atoms with Gasteiger partial charge in [-0.2, -0.15) is 0 Å².